The summed E-state index contributed by atoms with van der Waals surface area (Å²) in [5, 5.41) is 28.4. The molecule has 0 saturated heterocycles. The van der Waals surface area contributed by atoms with Gasteiger partial charge in [0.05, 0.1) is 24.7 Å². The minimum Gasteiger partial charge on any atom is -0.466 e. The topological polar surface area (TPSA) is 103 Å². The summed E-state index contributed by atoms with van der Waals surface area (Å²) in [4.78, 5) is 14.9. The van der Waals surface area contributed by atoms with E-state index in [0.717, 1.165) is 0 Å². The van der Waals surface area contributed by atoms with Crippen molar-refractivity contribution in [3.63, 3.8) is 0 Å². The van der Waals surface area contributed by atoms with Crippen LogP contribution in [-0.4, -0.2) is 33.9 Å². The molecule has 1 aromatic rings. The maximum Gasteiger partial charge on any atom is 0.308 e. The van der Waals surface area contributed by atoms with Gasteiger partial charge in [0.2, 0.25) is 0 Å². The minimum absolute atomic E-state index is 0.0123. The Labute approximate surface area is 115 Å². The highest BCUT2D eigenvalue weighted by atomic mass is 35.5. The summed E-state index contributed by atoms with van der Waals surface area (Å²) in [7, 11) is 0. The summed E-state index contributed by atoms with van der Waals surface area (Å²) in [6.07, 6.45) is -1.79. The third-order valence-corrected chi connectivity index (χ3v) is 2.67. The van der Waals surface area contributed by atoms with Gasteiger partial charge >= 0.3 is 5.97 Å². The first-order chi connectivity index (χ1) is 8.99. The molecule has 2 unspecified atom stereocenters. The molecule has 19 heavy (non-hydrogen) atoms. The number of carbonyl (C=O) groups excluding carboxylic acids is 1. The second-order valence-corrected chi connectivity index (χ2v) is 4.10. The van der Waals surface area contributed by atoms with Gasteiger partial charge in [-0.05, 0) is 13.0 Å². The zero-order valence-corrected chi connectivity index (χ0v) is 11.0. The number of aliphatic hydroxyl groups excluding tert-OH is 2. The predicted molar refractivity (Wildman–Crippen MR) is 66.2 cm³/mol. The van der Waals surface area contributed by atoms with Gasteiger partial charge in [0, 0.05) is 11.8 Å². The lowest BCUT2D eigenvalue weighted by atomic mass is 10.0. The number of ether oxygens (including phenoxy) is 1. The van der Waals surface area contributed by atoms with Crippen molar-refractivity contribution in [2.75, 3.05) is 6.61 Å². The number of nitrogens with zero attached hydrogens (tertiary/aromatic N) is 2. The second kappa shape index (κ2) is 7.04. The fraction of sp³-hybridized carbons (Fsp3) is 0.417. The number of esters is 1. The van der Waals surface area contributed by atoms with E-state index in [4.69, 9.17) is 16.9 Å². The number of pyridine rings is 1. The van der Waals surface area contributed by atoms with Crippen molar-refractivity contribution < 1.29 is 19.7 Å². The molecule has 1 heterocycles. The molecule has 1 aromatic heterocycles. The Morgan fingerprint density at radius 2 is 2.32 bits per heavy atom. The molecule has 0 radical (unpaired) electrons. The summed E-state index contributed by atoms with van der Waals surface area (Å²) < 4.78 is 4.66. The lowest BCUT2D eigenvalue weighted by molar-refractivity contribution is -0.147. The van der Waals surface area contributed by atoms with Gasteiger partial charge in [-0.25, -0.2) is 4.98 Å². The first kappa shape index (κ1) is 15.4. The van der Waals surface area contributed by atoms with Gasteiger partial charge in [-0.3, -0.25) is 4.79 Å². The minimum atomic E-state index is -1.35. The summed E-state index contributed by atoms with van der Waals surface area (Å²) in [6.45, 7) is 1.84. The van der Waals surface area contributed by atoms with E-state index in [0.29, 0.717) is 0 Å². The predicted octanol–water partition coefficient (Wildman–Crippen LogP) is 0.954. The quantitative estimate of drug-likeness (QED) is 0.616. The molecular weight excluding hydrogens is 272 g/mol. The van der Waals surface area contributed by atoms with Crippen LogP contribution in [0.4, 0.5) is 0 Å². The van der Waals surface area contributed by atoms with Crippen LogP contribution in [0.15, 0.2) is 12.3 Å². The van der Waals surface area contributed by atoms with Crippen LogP contribution >= 0.6 is 11.6 Å². The van der Waals surface area contributed by atoms with E-state index in [9.17, 15) is 15.0 Å². The Balaban J connectivity index is 2.79. The molecule has 0 aliphatic carbocycles. The van der Waals surface area contributed by atoms with Crippen LogP contribution in [0.25, 0.3) is 0 Å². The highest BCUT2D eigenvalue weighted by Gasteiger charge is 2.23. The van der Waals surface area contributed by atoms with Crippen LogP contribution in [0.3, 0.4) is 0 Å². The van der Waals surface area contributed by atoms with Crippen molar-refractivity contribution in [3.05, 3.63) is 28.5 Å². The molecule has 0 amide bonds. The number of rotatable bonds is 5. The number of aromatic nitrogens is 1. The van der Waals surface area contributed by atoms with E-state index in [2.05, 4.69) is 9.72 Å². The molecule has 2 atom stereocenters. The van der Waals surface area contributed by atoms with Crippen LogP contribution in [0.1, 0.15) is 30.6 Å². The molecule has 0 spiro atoms. The molecule has 0 aliphatic heterocycles. The lowest BCUT2D eigenvalue weighted by Gasteiger charge is -2.17. The molecule has 7 heteroatoms. The zero-order valence-electron chi connectivity index (χ0n) is 10.2. The maximum atomic E-state index is 11.2. The number of halogens is 1. The Hall–Kier alpha value is -1.68. The summed E-state index contributed by atoms with van der Waals surface area (Å²) in [6, 6.07) is 3.13. The maximum absolute atomic E-state index is 11.2. The second-order valence-electron chi connectivity index (χ2n) is 3.74. The molecular formula is C12H13ClN2O4. The van der Waals surface area contributed by atoms with Crippen molar-refractivity contribution in [1.82, 2.24) is 4.98 Å². The van der Waals surface area contributed by atoms with E-state index < -0.39 is 18.2 Å². The molecule has 6 nitrogen and oxygen atoms in total. The average Bonchev–Trinajstić information content (AvgIpc) is 2.38. The molecule has 0 saturated carbocycles. The van der Waals surface area contributed by atoms with E-state index >= 15 is 0 Å². The van der Waals surface area contributed by atoms with Crippen LogP contribution in [-0.2, 0) is 9.53 Å². The van der Waals surface area contributed by atoms with Crippen molar-refractivity contribution in [2.24, 2.45) is 0 Å². The molecule has 0 fully saturated rings. The average molecular weight is 285 g/mol. The molecule has 1 rings (SSSR count). The highest BCUT2D eigenvalue weighted by Crippen LogP contribution is 2.22. The number of nitriles is 1. The van der Waals surface area contributed by atoms with E-state index in [1.807, 2.05) is 6.07 Å². The van der Waals surface area contributed by atoms with Gasteiger partial charge in [0.25, 0.3) is 0 Å². The Kier molecular flexibility index (Phi) is 5.70. The Bertz CT molecular complexity index is 501. The number of hydrogen-bond donors (Lipinski definition) is 2. The van der Waals surface area contributed by atoms with Crippen molar-refractivity contribution in [3.8, 4) is 6.07 Å². The summed E-state index contributed by atoms with van der Waals surface area (Å²) in [5.41, 5.74) is 0.291. The summed E-state index contributed by atoms with van der Waals surface area (Å²) >= 11 is 5.65. The number of aliphatic hydroxyl groups is 2. The summed E-state index contributed by atoms with van der Waals surface area (Å²) in [5.74, 6) is -0.614. The molecule has 0 aliphatic rings. The van der Waals surface area contributed by atoms with Crippen LogP contribution < -0.4 is 0 Å². The largest absolute Gasteiger partial charge is 0.466 e. The van der Waals surface area contributed by atoms with Crippen LogP contribution in [0, 0.1) is 11.3 Å². The molecule has 102 valence electrons. The van der Waals surface area contributed by atoms with Gasteiger partial charge < -0.3 is 14.9 Å². The first-order valence-electron chi connectivity index (χ1n) is 5.56. The van der Waals surface area contributed by atoms with Gasteiger partial charge in [0.1, 0.15) is 17.3 Å². The Morgan fingerprint density at radius 1 is 1.63 bits per heavy atom. The fourth-order valence-electron chi connectivity index (χ4n) is 1.43. The monoisotopic (exact) mass is 284 g/mol. The highest BCUT2D eigenvalue weighted by molar-refractivity contribution is 6.30. The third kappa shape index (κ3) is 4.17. The van der Waals surface area contributed by atoms with E-state index in [1.54, 1.807) is 6.92 Å². The van der Waals surface area contributed by atoms with E-state index in [-0.39, 0.29) is 29.3 Å². The normalized spacial score (nSPS) is 13.4. The smallest absolute Gasteiger partial charge is 0.308 e. The van der Waals surface area contributed by atoms with Gasteiger partial charge in [-0.2, -0.15) is 5.26 Å². The van der Waals surface area contributed by atoms with Gasteiger partial charge in [0.15, 0.2) is 0 Å². The first-order valence-corrected chi connectivity index (χ1v) is 5.94. The molecule has 0 aromatic carbocycles. The zero-order chi connectivity index (χ0) is 14.4. The van der Waals surface area contributed by atoms with Crippen molar-refractivity contribution >= 4 is 17.6 Å². The van der Waals surface area contributed by atoms with Gasteiger partial charge in [-0.15, -0.1) is 0 Å². The molecule has 0 bridgehead atoms. The van der Waals surface area contributed by atoms with Crippen LogP contribution in [0.2, 0.25) is 5.15 Å². The lowest BCUT2D eigenvalue weighted by Crippen LogP contribution is -2.23. The SMILES string of the molecule is CCOC(=O)CC(O)C(O)c1cnc(Cl)c(C#N)c1. The van der Waals surface area contributed by atoms with Crippen molar-refractivity contribution in [2.45, 2.75) is 25.6 Å². The van der Waals surface area contributed by atoms with Gasteiger partial charge in [-0.1, -0.05) is 11.6 Å². The van der Waals surface area contributed by atoms with E-state index in [1.165, 1.54) is 12.3 Å². The van der Waals surface area contributed by atoms with Crippen molar-refractivity contribution in [1.29, 1.82) is 5.26 Å². The fourth-order valence-corrected chi connectivity index (χ4v) is 1.57. The third-order valence-electron chi connectivity index (χ3n) is 2.37. The number of hydrogen-bond acceptors (Lipinski definition) is 6. The number of carbonyl (C=O) groups is 1. The standard InChI is InChI=1S/C12H13ClN2O4/c1-2-19-10(17)4-9(16)11(18)8-3-7(5-14)12(13)15-6-8/h3,6,9,11,16,18H,2,4H2,1H3. The van der Waals surface area contributed by atoms with Crippen LogP contribution in [0.5, 0.6) is 0 Å². The molecule has 2 N–H and O–H groups in total. The Morgan fingerprint density at radius 3 is 2.89 bits per heavy atom.